The predicted molar refractivity (Wildman–Crippen MR) is 77.1 cm³/mol. The third kappa shape index (κ3) is 2.71. The fourth-order valence-corrected chi connectivity index (χ4v) is 2.12. The molecule has 0 aliphatic rings. The first-order valence-electron chi connectivity index (χ1n) is 6.45. The van der Waals surface area contributed by atoms with Gasteiger partial charge in [-0.25, -0.2) is 9.75 Å². The lowest BCUT2D eigenvalue weighted by molar-refractivity contribution is -0.162. The zero-order chi connectivity index (χ0) is 15.6. The van der Waals surface area contributed by atoms with Gasteiger partial charge in [-0.3, -0.25) is 14.4 Å². The molecule has 0 bridgehead atoms. The topological polar surface area (TPSA) is 64.4 Å². The van der Waals surface area contributed by atoms with E-state index >= 15 is 0 Å². The minimum Gasteiger partial charge on any atom is -0.283 e. The summed E-state index contributed by atoms with van der Waals surface area (Å²) in [6.07, 6.45) is 0. The van der Waals surface area contributed by atoms with Crippen LogP contribution in [0, 0.1) is 13.8 Å². The van der Waals surface area contributed by atoms with Gasteiger partial charge in [0.1, 0.15) is 0 Å². The van der Waals surface area contributed by atoms with E-state index in [-0.39, 0.29) is 0 Å². The Morgan fingerprint density at radius 1 is 1.19 bits per heavy atom. The smallest absolute Gasteiger partial charge is 0.283 e. The minimum absolute atomic E-state index is 0.313. The number of amides is 1. The van der Waals surface area contributed by atoms with E-state index in [1.54, 1.807) is 18.5 Å². The zero-order valence-electron chi connectivity index (χ0n) is 12.5. The van der Waals surface area contributed by atoms with E-state index in [4.69, 9.17) is 4.84 Å². The Kier molecular flexibility index (Phi) is 4.18. The molecule has 0 atom stereocenters. The molecule has 0 N–H and O–H groups in total. The van der Waals surface area contributed by atoms with E-state index in [1.165, 1.54) is 14.2 Å². The number of hydroxylamine groups is 2. The molecule has 0 radical (unpaired) electrons. The van der Waals surface area contributed by atoms with Crippen LogP contribution in [0.3, 0.4) is 0 Å². The number of nitrogens with zero attached hydrogens (tertiary/aromatic N) is 3. The molecule has 21 heavy (non-hydrogen) atoms. The van der Waals surface area contributed by atoms with Crippen LogP contribution in [0.5, 0.6) is 0 Å². The van der Waals surface area contributed by atoms with Crippen molar-refractivity contribution < 1.29 is 14.4 Å². The summed E-state index contributed by atoms with van der Waals surface area (Å²) in [6, 6.07) is 9.44. The van der Waals surface area contributed by atoms with Crippen molar-refractivity contribution in [3.05, 3.63) is 47.3 Å². The van der Waals surface area contributed by atoms with Crippen molar-refractivity contribution in [3.63, 3.8) is 0 Å². The number of hydrogen-bond acceptors (Lipinski definition) is 4. The van der Waals surface area contributed by atoms with E-state index in [0.29, 0.717) is 17.0 Å². The van der Waals surface area contributed by atoms with Gasteiger partial charge in [0, 0.05) is 7.05 Å². The lowest BCUT2D eigenvalue weighted by Crippen LogP contribution is -2.33. The van der Waals surface area contributed by atoms with Crippen LogP contribution < -0.4 is 0 Å². The minimum atomic E-state index is -0.726. The molecule has 0 unspecified atom stereocenters. The molecule has 6 heteroatoms. The van der Waals surface area contributed by atoms with Crippen LogP contribution in [-0.2, 0) is 9.63 Å². The van der Waals surface area contributed by atoms with Crippen LogP contribution in [0.2, 0.25) is 0 Å². The molecular weight excluding hydrogens is 270 g/mol. The summed E-state index contributed by atoms with van der Waals surface area (Å²) in [7, 11) is 2.73. The molecule has 1 amide bonds. The second kappa shape index (κ2) is 5.88. The Morgan fingerprint density at radius 3 is 2.38 bits per heavy atom. The lowest BCUT2D eigenvalue weighted by atomic mass is 10.1. The molecule has 0 fully saturated rings. The summed E-state index contributed by atoms with van der Waals surface area (Å²) in [4.78, 5) is 29.0. The number of carbonyl (C=O) groups is 2. The van der Waals surface area contributed by atoms with Crippen LogP contribution >= 0.6 is 0 Å². The highest BCUT2D eigenvalue weighted by Crippen LogP contribution is 2.19. The first-order valence-corrected chi connectivity index (χ1v) is 6.45. The second-order valence-corrected chi connectivity index (χ2v) is 4.61. The molecule has 6 nitrogen and oxygen atoms in total. The monoisotopic (exact) mass is 287 g/mol. The van der Waals surface area contributed by atoms with Crippen LogP contribution in [0.25, 0.3) is 5.69 Å². The predicted octanol–water partition coefficient (Wildman–Crippen LogP) is 1.69. The fourth-order valence-electron chi connectivity index (χ4n) is 2.12. The summed E-state index contributed by atoms with van der Waals surface area (Å²) in [5.74, 6) is -1.35. The van der Waals surface area contributed by atoms with E-state index in [2.05, 4.69) is 5.10 Å². The van der Waals surface area contributed by atoms with Crippen molar-refractivity contribution >= 4 is 11.7 Å². The highest BCUT2D eigenvalue weighted by Gasteiger charge is 2.27. The molecule has 1 heterocycles. The largest absolute Gasteiger partial charge is 0.318 e. The molecular formula is C15H17N3O3. The van der Waals surface area contributed by atoms with Gasteiger partial charge in [0.2, 0.25) is 0 Å². The van der Waals surface area contributed by atoms with Crippen molar-refractivity contribution in [2.75, 3.05) is 14.2 Å². The van der Waals surface area contributed by atoms with Gasteiger partial charge in [-0.15, -0.1) is 0 Å². The third-order valence-electron chi connectivity index (χ3n) is 3.27. The SMILES string of the molecule is CON(C)C(=O)C(=O)c1c(C)nn(-c2ccccc2)c1C. The number of aromatic nitrogens is 2. The molecule has 110 valence electrons. The van der Waals surface area contributed by atoms with Gasteiger partial charge < -0.3 is 0 Å². The highest BCUT2D eigenvalue weighted by atomic mass is 16.7. The van der Waals surface area contributed by atoms with E-state index in [1.807, 2.05) is 30.3 Å². The molecule has 0 saturated heterocycles. The van der Waals surface area contributed by atoms with Crippen LogP contribution in [0.4, 0.5) is 0 Å². The van der Waals surface area contributed by atoms with Crippen LogP contribution in [0.15, 0.2) is 30.3 Å². The molecule has 1 aromatic carbocycles. The first kappa shape index (κ1) is 14.9. The van der Waals surface area contributed by atoms with Gasteiger partial charge in [0.15, 0.2) is 0 Å². The van der Waals surface area contributed by atoms with Gasteiger partial charge >= 0.3 is 5.91 Å². The normalized spacial score (nSPS) is 10.5. The van der Waals surface area contributed by atoms with Crippen LogP contribution in [-0.4, -0.2) is 40.7 Å². The van der Waals surface area contributed by atoms with Crippen molar-refractivity contribution in [1.29, 1.82) is 0 Å². The maximum atomic E-state index is 12.3. The van der Waals surface area contributed by atoms with Crippen molar-refractivity contribution in [3.8, 4) is 5.69 Å². The molecule has 0 aliphatic heterocycles. The van der Waals surface area contributed by atoms with Gasteiger partial charge in [-0.05, 0) is 26.0 Å². The maximum Gasteiger partial charge on any atom is 0.318 e. The number of Topliss-reactive ketones (excluding diaryl/α,β-unsaturated/α-hetero) is 1. The Morgan fingerprint density at radius 2 is 1.81 bits per heavy atom. The number of aryl methyl sites for hydroxylation is 1. The molecule has 0 saturated carbocycles. The molecule has 2 aromatic rings. The number of likely N-dealkylation sites (N-methyl/N-ethyl adjacent to an activating group) is 1. The van der Waals surface area contributed by atoms with Crippen molar-refractivity contribution in [1.82, 2.24) is 14.8 Å². The quantitative estimate of drug-likeness (QED) is 0.487. The number of benzene rings is 1. The molecule has 2 rings (SSSR count). The second-order valence-electron chi connectivity index (χ2n) is 4.61. The average Bonchev–Trinajstić information content (AvgIpc) is 2.80. The summed E-state index contributed by atoms with van der Waals surface area (Å²) in [5, 5.41) is 5.26. The number of ketones is 1. The summed E-state index contributed by atoms with van der Waals surface area (Å²) >= 11 is 0. The number of rotatable bonds is 4. The van der Waals surface area contributed by atoms with Crippen molar-refractivity contribution in [2.24, 2.45) is 0 Å². The average molecular weight is 287 g/mol. The zero-order valence-corrected chi connectivity index (χ0v) is 12.5. The molecule has 0 aliphatic carbocycles. The third-order valence-corrected chi connectivity index (χ3v) is 3.27. The molecule has 1 aromatic heterocycles. The van der Waals surface area contributed by atoms with Gasteiger partial charge in [0.05, 0.1) is 29.7 Å². The summed E-state index contributed by atoms with van der Waals surface area (Å²) in [6.45, 7) is 3.47. The highest BCUT2D eigenvalue weighted by molar-refractivity contribution is 6.43. The van der Waals surface area contributed by atoms with E-state index in [0.717, 1.165) is 10.8 Å². The molecule has 0 spiro atoms. The van der Waals surface area contributed by atoms with E-state index in [9.17, 15) is 9.59 Å². The van der Waals surface area contributed by atoms with E-state index < -0.39 is 11.7 Å². The summed E-state index contributed by atoms with van der Waals surface area (Å²) in [5.41, 5.74) is 2.29. The van der Waals surface area contributed by atoms with Gasteiger partial charge in [0.25, 0.3) is 5.78 Å². The van der Waals surface area contributed by atoms with Crippen molar-refractivity contribution in [2.45, 2.75) is 13.8 Å². The number of hydrogen-bond donors (Lipinski definition) is 0. The van der Waals surface area contributed by atoms with Gasteiger partial charge in [-0.2, -0.15) is 5.10 Å². The van der Waals surface area contributed by atoms with Crippen LogP contribution in [0.1, 0.15) is 21.7 Å². The Labute approximate surface area is 122 Å². The fraction of sp³-hybridized carbons (Fsp3) is 0.267. The first-order chi connectivity index (χ1) is 9.97. The standard InChI is InChI=1S/C15H17N3O3/c1-10-13(14(19)15(20)17(3)21-4)11(2)18(16-10)12-8-6-5-7-9-12/h5-9H,1-4H3. The Balaban J connectivity index is 2.45. The Hall–Kier alpha value is -2.47. The maximum absolute atomic E-state index is 12.3. The summed E-state index contributed by atoms with van der Waals surface area (Å²) < 4.78 is 1.66. The number of para-hydroxylation sites is 1. The number of carbonyl (C=O) groups excluding carboxylic acids is 2. The lowest BCUT2D eigenvalue weighted by Gasteiger charge is -2.12. The Bertz CT molecular complexity index is 677. The van der Waals surface area contributed by atoms with Gasteiger partial charge in [-0.1, -0.05) is 18.2 Å².